The molecular formula is C29H29ClN6O4. The number of likely N-dealkylation sites (tertiary alicyclic amines) is 1. The van der Waals surface area contributed by atoms with Gasteiger partial charge in [0.2, 0.25) is 11.9 Å². The summed E-state index contributed by atoms with van der Waals surface area (Å²) in [6.07, 6.45) is 2.99. The Morgan fingerprint density at radius 1 is 1.15 bits per heavy atom. The average Bonchev–Trinajstić information content (AvgIpc) is 2.95. The average molecular weight is 561 g/mol. The number of amides is 1. The molecule has 0 bridgehead atoms. The number of anilines is 2. The molecule has 0 atom stereocenters. The Labute approximate surface area is 236 Å². The fourth-order valence-corrected chi connectivity index (χ4v) is 4.89. The maximum atomic E-state index is 14.0. The molecule has 3 heterocycles. The van der Waals surface area contributed by atoms with Gasteiger partial charge in [-0.3, -0.25) is 14.2 Å². The molecule has 1 amide bonds. The van der Waals surface area contributed by atoms with Gasteiger partial charge in [-0.1, -0.05) is 36.4 Å². The Hall–Kier alpha value is -4.41. The van der Waals surface area contributed by atoms with Crippen LogP contribution in [0.15, 0.2) is 72.2 Å². The summed E-state index contributed by atoms with van der Waals surface area (Å²) in [7, 11) is 3.05. The van der Waals surface area contributed by atoms with Crippen LogP contribution in [-0.2, 0) is 11.3 Å². The minimum atomic E-state index is -0.270. The number of benzene rings is 2. The first kappa shape index (κ1) is 27.2. The van der Waals surface area contributed by atoms with Crippen LogP contribution in [0.4, 0.5) is 11.6 Å². The van der Waals surface area contributed by atoms with Crippen molar-refractivity contribution in [2.75, 3.05) is 39.2 Å². The largest absolute Gasteiger partial charge is 0.497 e. The van der Waals surface area contributed by atoms with E-state index in [2.05, 4.69) is 22.2 Å². The molecule has 1 fully saturated rings. The second-order valence-corrected chi connectivity index (χ2v) is 9.65. The molecule has 0 unspecified atom stereocenters. The lowest BCUT2D eigenvalue weighted by Crippen LogP contribution is -2.59. The van der Waals surface area contributed by atoms with Crippen LogP contribution in [0.1, 0.15) is 0 Å². The molecule has 0 aliphatic carbocycles. The highest BCUT2D eigenvalue weighted by atomic mass is 35.5. The van der Waals surface area contributed by atoms with Crippen molar-refractivity contribution in [1.29, 1.82) is 0 Å². The Morgan fingerprint density at radius 2 is 1.93 bits per heavy atom. The molecule has 0 spiro atoms. The van der Waals surface area contributed by atoms with E-state index >= 15 is 0 Å². The van der Waals surface area contributed by atoms with Crippen molar-refractivity contribution in [1.82, 2.24) is 24.8 Å². The van der Waals surface area contributed by atoms with E-state index in [9.17, 15) is 9.59 Å². The Bertz CT molecular complexity index is 1620. The molecule has 0 saturated carbocycles. The first-order chi connectivity index (χ1) is 19.4. The van der Waals surface area contributed by atoms with Crippen LogP contribution < -0.4 is 25.7 Å². The molecule has 10 nitrogen and oxygen atoms in total. The molecule has 2 aromatic carbocycles. The molecule has 206 valence electrons. The predicted octanol–water partition coefficient (Wildman–Crippen LogP) is 3.86. The summed E-state index contributed by atoms with van der Waals surface area (Å²) in [5.41, 5.74) is 1.89. The minimum Gasteiger partial charge on any atom is -0.497 e. The van der Waals surface area contributed by atoms with E-state index in [1.165, 1.54) is 20.3 Å². The van der Waals surface area contributed by atoms with Gasteiger partial charge in [-0.2, -0.15) is 4.98 Å². The summed E-state index contributed by atoms with van der Waals surface area (Å²) in [4.78, 5) is 36.6. The van der Waals surface area contributed by atoms with Crippen molar-refractivity contribution in [3.63, 3.8) is 0 Å². The normalized spacial score (nSPS) is 13.1. The number of carbonyl (C=O) groups is 1. The van der Waals surface area contributed by atoms with Crippen molar-refractivity contribution in [3.8, 4) is 22.6 Å². The monoisotopic (exact) mass is 560 g/mol. The van der Waals surface area contributed by atoms with Crippen molar-refractivity contribution >= 4 is 40.2 Å². The van der Waals surface area contributed by atoms with Gasteiger partial charge in [0.15, 0.2) is 0 Å². The molecule has 2 aromatic heterocycles. The number of methoxy groups -OCH3 is 2. The topological polar surface area (TPSA) is 111 Å². The number of pyridine rings is 1. The Balaban J connectivity index is 1.53. The van der Waals surface area contributed by atoms with Gasteiger partial charge < -0.3 is 25.0 Å². The fourth-order valence-electron chi connectivity index (χ4n) is 4.60. The first-order valence-electron chi connectivity index (χ1n) is 12.7. The summed E-state index contributed by atoms with van der Waals surface area (Å²) < 4.78 is 12.5. The molecule has 40 heavy (non-hydrogen) atoms. The number of nitrogens with one attached hydrogen (secondary N) is 2. The van der Waals surface area contributed by atoms with Crippen LogP contribution in [0, 0.1) is 0 Å². The van der Waals surface area contributed by atoms with E-state index in [0.717, 1.165) is 5.69 Å². The van der Waals surface area contributed by atoms with Gasteiger partial charge in [0.25, 0.3) is 5.56 Å². The molecule has 2 N–H and O–H groups in total. The molecular weight excluding hydrogens is 532 g/mol. The van der Waals surface area contributed by atoms with Gasteiger partial charge >= 0.3 is 0 Å². The van der Waals surface area contributed by atoms with E-state index in [-0.39, 0.29) is 17.5 Å². The van der Waals surface area contributed by atoms with Crippen molar-refractivity contribution in [2.45, 2.75) is 12.6 Å². The highest BCUT2D eigenvalue weighted by Gasteiger charge is 2.28. The third kappa shape index (κ3) is 5.49. The number of ether oxygens (including phenoxy) is 2. The molecule has 1 aliphatic rings. The number of hydrogen-bond acceptors (Lipinski definition) is 8. The van der Waals surface area contributed by atoms with Gasteiger partial charge in [0.1, 0.15) is 17.1 Å². The molecule has 1 aliphatic heterocycles. The number of para-hydroxylation sites is 1. The summed E-state index contributed by atoms with van der Waals surface area (Å²) in [5, 5.41) is 7.57. The van der Waals surface area contributed by atoms with Gasteiger partial charge in [-0.25, -0.2) is 4.98 Å². The summed E-state index contributed by atoms with van der Waals surface area (Å²) in [5.74, 6) is 1.18. The SMILES string of the molecule is C=CC(=O)N1CC(NCCn2c(=O)c(-c3cc(OC)cc(OC)c3Cl)cc3cnc(Nc4ccccc4)nc32)C1. The van der Waals surface area contributed by atoms with Gasteiger partial charge in [0.05, 0.1) is 19.2 Å². The third-order valence-electron chi connectivity index (χ3n) is 6.75. The lowest BCUT2D eigenvalue weighted by Gasteiger charge is -2.39. The van der Waals surface area contributed by atoms with Gasteiger partial charge in [0, 0.05) is 66.7 Å². The standard InChI is InChI=1S/C29H29ClN6O4/c1-4-25(37)35-16-20(17-35)31-10-11-36-27-18(15-32-29(34-27)33-19-8-6-5-7-9-19)12-23(28(36)38)22-13-21(39-2)14-24(40-3)26(22)30/h4-9,12-15,20,31H,1,10-11,16-17H2,2-3H3,(H,32,33,34). The number of halogens is 1. The Morgan fingerprint density at radius 3 is 2.62 bits per heavy atom. The molecule has 11 heteroatoms. The van der Waals surface area contributed by atoms with Crippen molar-refractivity contribution in [3.05, 3.63) is 82.8 Å². The first-order valence-corrected chi connectivity index (χ1v) is 13.1. The summed E-state index contributed by atoms with van der Waals surface area (Å²) in [6, 6.07) is 14.8. The van der Waals surface area contributed by atoms with Crippen molar-refractivity contribution in [2.24, 2.45) is 0 Å². The van der Waals surface area contributed by atoms with Crippen LogP contribution >= 0.6 is 11.6 Å². The second kappa shape index (κ2) is 11.8. The van der Waals surface area contributed by atoms with E-state index in [1.54, 1.807) is 33.9 Å². The minimum absolute atomic E-state index is 0.0892. The van der Waals surface area contributed by atoms with Gasteiger partial charge in [-0.05, 0) is 30.3 Å². The molecule has 0 radical (unpaired) electrons. The zero-order valence-electron chi connectivity index (χ0n) is 22.2. The summed E-state index contributed by atoms with van der Waals surface area (Å²) in [6.45, 7) is 5.53. The number of aromatic nitrogens is 3. The second-order valence-electron chi connectivity index (χ2n) is 9.27. The van der Waals surface area contributed by atoms with Crippen LogP contribution in [-0.4, -0.2) is 65.2 Å². The van der Waals surface area contributed by atoms with E-state index in [4.69, 9.17) is 26.1 Å². The molecule has 4 aromatic rings. The Kier molecular flexibility index (Phi) is 7.99. The number of fused-ring (bicyclic) bond motifs is 1. The molecule has 1 saturated heterocycles. The van der Waals surface area contributed by atoms with Crippen LogP contribution in [0.3, 0.4) is 0 Å². The number of nitrogens with zero attached hydrogens (tertiary/aromatic N) is 4. The predicted molar refractivity (Wildman–Crippen MR) is 156 cm³/mol. The third-order valence-corrected chi connectivity index (χ3v) is 7.14. The van der Waals surface area contributed by atoms with E-state index in [0.29, 0.717) is 70.8 Å². The maximum Gasteiger partial charge on any atom is 0.260 e. The van der Waals surface area contributed by atoms with Gasteiger partial charge in [-0.15, -0.1) is 0 Å². The van der Waals surface area contributed by atoms with Crippen LogP contribution in [0.2, 0.25) is 5.02 Å². The lowest BCUT2D eigenvalue weighted by atomic mass is 10.0. The van der Waals surface area contributed by atoms with Crippen molar-refractivity contribution < 1.29 is 14.3 Å². The number of hydrogen-bond donors (Lipinski definition) is 2. The zero-order chi connectivity index (χ0) is 28.2. The smallest absolute Gasteiger partial charge is 0.260 e. The highest BCUT2D eigenvalue weighted by Crippen LogP contribution is 2.38. The van der Waals surface area contributed by atoms with E-state index < -0.39 is 0 Å². The number of rotatable bonds is 10. The summed E-state index contributed by atoms with van der Waals surface area (Å²) >= 11 is 6.67. The van der Waals surface area contributed by atoms with Crippen LogP contribution in [0.25, 0.3) is 22.2 Å². The quantitative estimate of drug-likeness (QED) is 0.281. The lowest BCUT2D eigenvalue weighted by molar-refractivity contribution is -0.130. The maximum absolute atomic E-state index is 14.0. The molecule has 5 rings (SSSR count). The van der Waals surface area contributed by atoms with Crippen LogP contribution in [0.5, 0.6) is 11.5 Å². The number of carbonyl (C=O) groups excluding carboxylic acids is 1. The highest BCUT2D eigenvalue weighted by molar-refractivity contribution is 6.35. The fraction of sp³-hybridized carbons (Fsp3) is 0.241. The van der Waals surface area contributed by atoms with E-state index in [1.807, 2.05) is 30.3 Å². The zero-order valence-corrected chi connectivity index (χ0v) is 22.9.